The first-order valence-corrected chi connectivity index (χ1v) is 11.3. The first-order valence-electron chi connectivity index (χ1n) is 11.3. The van der Waals surface area contributed by atoms with Crippen molar-refractivity contribution in [3.05, 3.63) is 83.9 Å². The standard InChI is InChI=1S/C27H27N3O3/c1-20-12-13-23-25(18-20)33-24-11-6-5-10-22(24)27(28-23)30-15-7-14-29(16-17-30)26(31)19-32-21-8-3-2-4-9-21/h2-6,8-13,18H,7,14-17,19H2,1H3. The SMILES string of the molecule is Cc1ccc2c(c1)Oc1ccccc1C(N1CCCN(C(=O)COc3ccccc3)CC1)=N2. The van der Waals surface area contributed by atoms with E-state index in [0.717, 1.165) is 47.1 Å². The van der Waals surface area contributed by atoms with Crippen molar-refractivity contribution in [3.8, 4) is 17.2 Å². The van der Waals surface area contributed by atoms with Gasteiger partial charge in [0.05, 0.1) is 5.56 Å². The monoisotopic (exact) mass is 441 g/mol. The summed E-state index contributed by atoms with van der Waals surface area (Å²) < 4.78 is 11.9. The largest absolute Gasteiger partial charge is 0.484 e. The molecule has 0 N–H and O–H groups in total. The van der Waals surface area contributed by atoms with Crippen LogP contribution in [0.25, 0.3) is 0 Å². The average molecular weight is 442 g/mol. The third-order valence-electron chi connectivity index (χ3n) is 5.94. The summed E-state index contributed by atoms with van der Waals surface area (Å²) >= 11 is 0. The molecule has 5 rings (SSSR count). The predicted molar refractivity (Wildman–Crippen MR) is 129 cm³/mol. The molecule has 1 fully saturated rings. The number of hydrogen-bond acceptors (Lipinski definition) is 5. The Kier molecular flexibility index (Phi) is 5.98. The number of aryl methyl sites for hydroxylation is 1. The minimum Gasteiger partial charge on any atom is -0.484 e. The fraction of sp³-hybridized carbons (Fsp3) is 0.259. The van der Waals surface area contributed by atoms with E-state index >= 15 is 0 Å². The summed E-state index contributed by atoms with van der Waals surface area (Å²) in [4.78, 5) is 22.0. The summed E-state index contributed by atoms with van der Waals surface area (Å²) in [6.45, 7) is 4.94. The molecule has 3 aromatic carbocycles. The summed E-state index contributed by atoms with van der Waals surface area (Å²) in [6, 6.07) is 23.5. The van der Waals surface area contributed by atoms with Crippen LogP contribution < -0.4 is 9.47 Å². The molecule has 0 atom stereocenters. The van der Waals surface area contributed by atoms with Crippen LogP contribution in [0.1, 0.15) is 17.5 Å². The number of fused-ring (bicyclic) bond motifs is 2. The molecule has 0 aromatic heterocycles. The predicted octanol–water partition coefficient (Wildman–Crippen LogP) is 4.79. The number of amides is 1. The Morgan fingerprint density at radius 3 is 2.64 bits per heavy atom. The third kappa shape index (κ3) is 4.70. The van der Waals surface area contributed by atoms with Crippen LogP contribution in [-0.2, 0) is 4.79 Å². The highest BCUT2D eigenvalue weighted by Crippen LogP contribution is 2.38. The van der Waals surface area contributed by atoms with Crippen molar-refractivity contribution < 1.29 is 14.3 Å². The second-order valence-electron chi connectivity index (χ2n) is 8.33. The number of carbonyl (C=O) groups excluding carboxylic acids is 1. The lowest BCUT2D eigenvalue weighted by Crippen LogP contribution is -2.39. The zero-order valence-corrected chi connectivity index (χ0v) is 18.7. The van der Waals surface area contributed by atoms with Gasteiger partial charge in [-0.1, -0.05) is 36.4 Å². The number of amidine groups is 1. The highest BCUT2D eigenvalue weighted by Gasteiger charge is 2.26. The van der Waals surface area contributed by atoms with E-state index in [1.807, 2.05) is 72.5 Å². The Bertz CT molecular complexity index is 1180. The smallest absolute Gasteiger partial charge is 0.260 e. The van der Waals surface area contributed by atoms with E-state index in [2.05, 4.69) is 17.0 Å². The highest BCUT2D eigenvalue weighted by atomic mass is 16.5. The number of ether oxygens (including phenoxy) is 2. The van der Waals surface area contributed by atoms with Crippen LogP contribution in [0.5, 0.6) is 17.2 Å². The number of nitrogens with zero attached hydrogens (tertiary/aromatic N) is 3. The van der Waals surface area contributed by atoms with Crippen LogP contribution in [0.4, 0.5) is 5.69 Å². The van der Waals surface area contributed by atoms with Crippen molar-refractivity contribution in [2.24, 2.45) is 4.99 Å². The van der Waals surface area contributed by atoms with Crippen molar-refractivity contribution >= 4 is 17.4 Å². The second kappa shape index (κ2) is 9.36. The summed E-state index contributed by atoms with van der Waals surface area (Å²) in [5.74, 6) is 3.17. The van der Waals surface area contributed by atoms with Crippen LogP contribution in [0.3, 0.4) is 0 Å². The maximum absolute atomic E-state index is 12.8. The van der Waals surface area contributed by atoms with E-state index in [9.17, 15) is 4.79 Å². The van der Waals surface area contributed by atoms with E-state index in [1.165, 1.54) is 0 Å². The van der Waals surface area contributed by atoms with E-state index in [0.29, 0.717) is 25.4 Å². The Morgan fingerprint density at radius 2 is 1.76 bits per heavy atom. The quantitative estimate of drug-likeness (QED) is 0.586. The van der Waals surface area contributed by atoms with Crippen molar-refractivity contribution in [2.75, 3.05) is 32.8 Å². The van der Waals surface area contributed by atoms with Crippen molar-refractivity contribution in [1.29, 1.82) is 0 Å². The fourth-order valence-electron chi connectivity index (χ4n) is 4.20. The normalized spacial score (nSPS) is 15.4. The lowest BCUT2D eigenvalue weighted by molar-refractivity contribution is -0.133. The first kappa shape index (κ1) is 21.1. The third-order valence-corrected chi connectivity index (χ3v) is 5.94. The first-order chi connectivity index (χ1) is 16.2. The molecule has 0 saturated carbocycles. The van der Waals surface area contributed by atoms with Crippen LogP contribution in [0.2, 0.25) is 0 Å². The van der Waals surface area contributed by atoms with E-state index in [1.54, 1.807) is 0 Å². The second-order valence-corrected chi connectivity index (χ2v) is 8.33. The van der Waals surface area contributed by atoms with Crippen molar-refractivity contribution in [1.82, 2.24) is 9.80 Å². The fourth-order valence-corrected chi connectivity index (χ4v) is 4.20. The molecule has 0 aliphatic carbocycles. The average Bonchev–Trinajstić information content (AvgIpc) is 3.18. The zero-order valence-electron chi connectivity index (χ0n) is 18.7. The zero-order chi connectivity index (χ0) is 22.6. The highest BCUT2D eigenvalue weighted by molar-refractivity contribution is 6.03. The topological polar surface area (TPSA) is 54.4 Å². The van der Waals surface area contributed by atoms with Gasteiger partial charge in [-0.25, -0.2) is 4.99 Å². The van der Waals surface area contributed by atoms with Crippen LogP contribution >= 0.6 is 0 Å². The van der Waals surface area contributed by atoms with Gasteiger partial charge in [0, 0.05) is 26.2 Å². The van der Waals surface area contributed by atoms with Gasteiger partial charge < -0.3 is 19.3 Å². The van der Waals surface area contributed by atoms with Gasteiger partial charge in [0.1, 0.15) is 23.0 Å². The molecular weight excluding hydrogens is 414 g/mol. The number of aliphatic imine (C=N–C) groups is 1. The molecule has 1 amide bonds. The maximum atomic E-state index is 12.8. The molecule has 3 aromatic rings. The maximum Gasteiger partial charge on any atom is 0.260 e. The Morgan fingerprint density at radius 1 is 0.939 bits per heavy atom. The number of rotatable bonds is 3. The number of benzene rings is 3. The number of para-hydroxylation sites is 2. The van der Waals surface area contributed by atoms with E-state index in [4.69, 9.17) is 14.5 Å². The molecule has 33 heavy (non-hydrogen) atoms. The van der Waals surface area contributed by atoms with Crippen molar-refractivity contribution in [2.45, 2.75) is 13.3 Å². The lowest BCUT2D eigenvalue weighted by atomic mass is 10.1. The van der Waals surface area contributed by atoms with Gasteiger partial charge in [-0.2, -0.15) is 0 Å². The Balaban J connectivity index is 1.34. The van der Waals surface area contributed by atoms with E-state index < -0.39 is 0 Å². The minimum atomic E-state index is 0.00747. The molecule has 0 spiro atoms. The molecule has 0 unspecified atom stereocenters. The minimum absolute atomic E-state index is 0.00747. The van der Waals surface area contributed by atoms with E-state index in [-0.39, 0.29) is 12.5 Å². The summed E-state index contributed by atoms with van der Waals surface area (Å²) in [6.07, 6.45) is 0.861. The summed E-state index contributed by atoms with van der Waals surface area (Å²) in [7, 11) is 0. The van der Waals surface area contributed by atoms with Gasteiger partial charge in [-0.05, 0) is 55.3 Å². The molecule has 2 aliphatic rings. The molecule has 6 nitrogen and oxygen atoms in total. The van der Waals surface area contributed by atoms with Crippen LogP contribution in [-0.4, -0.2) is 54.3 Å². The summed E-state index contributed by atoms with van der Waals surface area (Å²) in [5, 5.41) is 0. The molecule has 2 heterocycles. The van der Waals surface area contributed by atoms with Gasteiger partial charge >= 0.3 is 0 Å². The molecule has 0 radical (unpaired) electrons. The molecule has 0 bridgehead atoms. The van der Waals surface area contributed by atoms with Gasteiger partial charge in [0.2, 0.25) is 0 Å². The molecular formula is C27H27N3O3. The number of hydrogen-bond donors (Lipinski definition) is 0. The Hall–Kier alpha value is -3.80. The molecule has 1 saturated heterocycles. The van der Waals surface area contributed by atoms with Crippen molar-refractivity contribution in [3.63, 3.8) is 0 Å². The van der Waals surface area contributed by atoms with Gasteiger partial charge in [0.25, 0.3) is 5.91 Å². The van der Waals surface area contributed by atoms with Gasteiger partial charge in [0.15, 0.2) is 12.4 Å². The molecule has 2 aliphatic heterocycles. The van der Waals surface area contributed by atoms with Crippen LogP contribution in [0, 0.1) is 6.92 Å². The summed E-state index contributed by atoms with van der Waals surface area (Å²) in [5.41, 5.74) is 2.92. The molecule has 168 valence electrons. The Labute approximate surface area is 194 Å². The van der Waals surface area contributed by atoms with Gasteiger partial charge in [-0.15, -0.1) is 0 Å². The lowest BCUT2D eigenvalue weighted by Gasteiger charge is -2.25. The van der Waals surface area contributed by atoms with Gasteiger partial charge in [-0.3, -0.25) is 4.79 Å². The molecule has 6 heteroatoms. The number of carbonyl (C=O) groups is 1. The van der Waals surface area contributed by atoms with Crippen LogP contribution in [0.15, 0.2) is 77.8 Å².